The molecular weight excluding hydrogens is 264 g/mol. The second kappa shape index (κ2) is 7.59. The van der Waals surface area contributed by atoms with Gasteiger partial charge in [-0.3, -0.25) is 0 Å². The van der Waals surface area contributed by atoms with Crippen LogP contribution >= 0.6 is 0 Å². The molecule has 3 unspecified atom stereocenters. The molecule has 5 heteroatoms. The van der Waals surface area contributed by atoms with E-state index in [1.165, 1.54) is 19.3 Å². The van der Waals surface area contributed by atoms with Gasteiger partial charge in [-0.1, -0.05) is 26.7 Å². The molecule has 0 radical (unpaired) electrons. The molecule has 21 heavy (non-hydrogen) atoms. The summed E-state index contributed by atoms with van der Waals surface area (Å²) in [5.74, 6) is 3.89. The third kappa shape index (κ3) is 4.30. The second-order valence-electron chi connectivity index (χ2n) is 5.96. The molecule has 0 spiro atoms. The first-order valence-electron chi connectivity index (χ1n) is 8.04. The van der Waals surface area contributed by atoms with Crippen LogP contribution in [-0.4, -0.2) is 29.7 Å². The molecule has 1 aromatic rings. The third-order valence-corrected chi connectivity index (χ3v) is 4.50. The van der Waals surface area contributed by atoms with Crippen molar-refractivity contribution in [2.45, 2.75) is 52.7 Å². The van der Waals surface area contributed by atoms with E-state index in [2.05, 4.69) is 34.4 Å². The van der Waals surface area contributed by atoms with Crippen LogP contribution in [0.1, 0.15) is 45.9 Å². The van der Waals surface area contributed by atoms with Gasteiger partial charge in [0.25, 0.3) is 0 Å². The normalized spacial score (nSPS) is 25.6. The van der Waals surface area contributed by atoms with Crippen LogP contribution in [0.3, 0.4) is 0 Å². The molecular formula is C16H28N4O. The third-order valence-electron chi connectivity index (χ3n) is 4.50. The van der Waals surface area contributed by atoms with Gasteiger partial charge >= 0.3 is 0 Å². The number of rotatable bonds is 6. The fourth-order valence-electron chi connectivity index (χ4n) is 2.93. The van der Waals surface area contributed by atoms with Gasteiger partial charge in [0.2, 0.25) is 0 Å². The Morgan fingerprint density at radius 3 is 2.71 bits per heavy atom. The second-order valence-corrected chi connectivity index (χ2v) is 5.96. The summed E-state index contributed by atoms with van der Waals surface area (Å²) in [7, 11) is 1.88. The summed E-state index contributed by atoms with van der Waals surface area (Å²) >= 11 is 0. The molecule has 1 fully saturated rings. The molecule has 2 rings (SSSR count). The highest BCUT2D eigenvalue weighted by molar-refractivity contribution is 5.47. The van der Waals surface area contributed by atoms with Crippen LogP contribution in [0.4, 0.5) is 11.6 Å². The van der Waals surface area contributed by atoms with Crippen LogP contribution < -0.4 is 10.6 Å². The van der Waals surface area contributed by atoms with Gasteiger partial charge in [-0.15, -0.1) is 0 Å². The van der Waals surface area contributed by atoms with Crippen molar-refractivity contribution in [3.05, 3.63) is 11.9 Å². The Kier molecular flexibility index (Phi) is 5.79. The van der Waals surface area contributed by atoms with Gasteiger partial charge in [0, 0.05) is 25.8 Å². The number of nitrogens with one attached hydrogen (secondary N) is 2. The van der Waals surface area contributed by atoms with E-state index in [1.807, 2.05) is 20.0 Å². The summed E-state index contributed by atoms with van der Waals surface area (Å²) < 4.78 is 5.42. The molecule has 0 aromatic carbocycles. The average molecular weight is 292 g/mol. The van der Waals surface area contributed by atoms with Crippen LogP contribution in [-0.2, 0) is 11.3 Å². The van der Waals surface area contributed by atoms with Crippen molar-refractivity contribution in [3.63, 3.8) is 0 Å². The van der Waals surface area contributed by atoms with Crippen molar-refractivity contribution in [2.75, 3.05) is 24.3 Å². The summed E-state index contributed by atoms with van der Waals surface area (Å²) in [6.07, 6.45) is 3.84. The van der Waals surface area contributed by atoms with Gasteiger partial charge in [-0.2, -0.15) is 0 Å². The summed E-state index contributed by atoms with van der Waals surface area (Å²) in [5.41, 5.74) is 0. The number of ether oxygens (including phenoxy) is 1. The molecule has 3 atom stereocenters. The average Bonchev–Trinajstić information content (AvgIpc) is 2.49. The van der Waals surface area contributed by atoms with E-state index >= 15 is 0 Å². The van der Waals surface area contributed by atoms with Gasteiger partial charge in [0.15, 0.2) is 5.82 Å². The standard InChI is InChI=1S/C16H28N4O/c1-5-21-10-16-19-14(17-4)9-15(20-16)18-13-8-6-7-11(2)12(13)3/h9,11-13H,5-8,10H2,1-4H3,(H2,17,18,19,20). The molecule has 5 nitrogen and oxygen atoms in total. The number of aromatic nitrogens is 2. The van der Waals surface area contributed by atoms with Crippen LogP contribution in [0.5, 0.6) is 0 Å². The van der Waals surface area contributed by atoms with Crippen molar-refractivity contribution in [3.8, 4) is 0 Å². The highest BCUT2D eigenvalue weighted by atomic mass is 16.5. The molecule has 1 aliphatic rings. The maximum atomic E-state index is 5.42. The summed E-state index contributed by atoms with van der Waals surface area (Å²) in [5, 5.41) is 6.70. The lowest BCUT2D eigenvalue weighted by Crippen LogP contribution is -2.35. The first kappa shape index (κ1) is 16.0. The minimum absolute atomic E-state index is 0.456. The zero-order valence-electron chi connectivity index (χ0n) is 13.6. The van der Waals surface area contributed by atoms with Gasteiger partial charge in [-0.05, 0) is 25.2 Å². The highest BCUT2D eigenvalue weighted by Crippen LogP contribution is 2.31. The first-order chi connectivity index (χ1) is 10.1. The maximum absolute atomic E-state index is 5.42. The van der Waals surface area contributed by atoms with E-state index in [9.17, 15) is 0 Å². The van der Waals surface area contributed by atoms with Gasteiger partial charge in [0.1, 0.15) is 18.2 Å². The zero-order valence-corrected chi connectivity index (χ0v) is 13.6. The van der Waals surface area contributed by atoms with E-state index in [-0.39, 0.29) is 0 Å². The Morgan fingerprint density at radius 1 is 1.24 bits per heavy atom. The minimum Gasteiger partial charge on any atom is -0.374 e. The van der Waals surface area contributed by atoms with Crippen LogP contribution in [0, 0.1) is 11.8 Å². The number of anilines is 2. The van der Waals surface area contributed by atoms with Gasteiger partial charge in [0.05, 0.1) is 0 Å². The maximum Gasteiger partial charge on any atom is 0.158 e. The SMILES string of the molecule is CCOCc1nc(NC)cc(NC2CCCC(C)C2C)n1. The molecule has 1 aromatic heterocycles. The number of hydrogen-bond acceptors (Lipinski definition) is 5. The van der Waals surface area contributed by atoms with Crippen molar-refractivity contribution >= 4 is 11.6 Å². The Balaban J connectivity index is 2.10. The van der Waals surface area contributed by atoms with Crippen molar-refractivity contribution < 1.29 is 4.74 Å². The van der Waals surface area contributed by atoms with Crippen LogP contribution in [0.25, 0.3) is 0 Å². The minimum atomic E-state index is 0.456. The predicted molar refractivity (Wildman–Crippen MR) is 86.5 cm³/mol. The van der Waals surface area contributed by atoms with Crippen molar-refractivity contribution in [2.24, 2.45) is 11.8 Å². The molecule has 0 bridgehead atoms. The van der Waals surface area contributed by atoms with E-state index < -0.39 is 0 Å². The smallest absolute Gasteiger partial charge is 0.158 e. The predicted octanol–water partition coefficient (Wildman–Crippen LogP) is 3.29. The summed E-state index contributed by atoms with van der Waals surface area (Å²) in [6, 6.07) is 2.47. The molecule has 0 aliphatic heterocycles. The lowest BCUT2D eigenvalue weighted by atomic mass is 9.78. The quantitative estimate of drug-likeness (QED) is 0.842. The van der Waals surface area contributed by atoms with E-state index in [0.29, 0.717) is 25.2 Å². The number of hydrogen-bond donors (Lipinski definition) is 2. The van der Waals surface area contributed by atoms with E-state index in [4.69, 9.17) is 4.74 Å². The summed E-state index contributed by atoms with van der Waals surface area (Å²) in [6.45, 7) is 7.79. The van der Waals surface area contributed by atoms with Crippen LogP contribution in [0.15, 0.2) is 6.07 Å². The van der Waals surface area contributed by atoms with E-state index in [1.54, 1.807) is 0 Å². The Morgan fingerprint density at radius 2 is 2.00 bits per heavy atom. The van der Waals surface area contributed by atoms with Crippen LogP contribution in [0.2, 0.25) is 0 Å². The molecule has 118 valence electrons. The molecule has 0 saturated heterocycles. The number of nitrogens with zero attached hydrogens (tertiary/aromatic N) is 2. The van der Waals surface area contributed by atoms with Gasteiger partial charge < -0.3 is 15.4 Å². The fraction of sp³-hybridized carbons (Fsp3) is 0.750. The zero-order chi connectivity index (χ0) is 15.2. The van der Waals surface area contributed by atoms with Gasteiger partial charge in [-0.25, -0.2) is 9.97 Å². The lowest BCUT2D eigenvalue weighted by Gasteiger charge is -2.35. The molecule has 2 N–H and O–H groups in total. The van der Waals surface area contributed by atoms with Crippen molar-refractivity contribution in [1.82, 2.24) is 9.97 Å². The highest BCUT2D eigenvalue weighted by Gasteiger charge is 2.27. The Bertz CT molecular complexity index is 452. The molecule has 1 aliphatic carbocycles. The molecule has 1 saturated carbocycles. The fourth-order valence-corrected chi connectivity index (χ4v) is 2.93. The topological polar surface area (TPSA) is 59.1 Å². The largest absolute Gasteiger partial charge is 0.374 e. The first-order valence-corrected chi connectivity index (χ1v) is 8.04. The van der Waals surface area contributed by atoms with Crippen molar-refractivity contribution in [1.29, 1.82) is 0 Å². The van der Waals surface area contributed by atoms with E-state index in [0.717, 1.165) is 23.4 Å². The summed E-state index contributed by atoms with van der Waals surface area (Å²) in [4.78, 5) is 9.01. The molecule has 1 heterocycles. The lowest BCUT2D eigenvalue weighted by molar-refractivity contribution is 0.128. The monoisotopic (exact) mass is 292 g/mol. The Hall–Kier alpha value is -1.36. The molecule has 0 amide bonds. The Labute approximate surface area is 127 Å².